The maximum atomic E-state index is 11.6. The summed E-state index contributed by atoms with van der Waals surface area (Å²) in [5.74, 6) is 0.726. The fourth-order valence-corrected chi connectivity index (χ4v) is 2.91. The molecule has 2 atom stereocenters. The molecule has 0 saturated carbocycles. The van der Waals surface area contributed by atoms with Gasteiger partial charge in [-0.3, -0.25) is 4.79 Å². The molecule has 1 aliphatic rings. The summed E-state index contributed by atoms with van der Waals surface area (Å²) < 4.78 is 6.00. The molecule has 1 aliphatic heterocycles. The van der Waals surface area contributed by atoms with Gasteiger partial charge < -0.3 is 20.4 Å². The lowest BCUT2D eigenvalue weighted by molar-refractivity contribution is 0.0707. The summed E-state index contributed by atoms with van der Waals surface area (Å²) in [5, 5.41) is 0. The Morgan fingerprint density at radius 1 is 1.72 bits per heavy atom. The fourth-order valence-electron chi connectivity index (χ4n) is 2.30. The Hall–Kier alpha value is -0.670. The molecular formula is C11H17IN4O2. The lowest BCUT2D eigenvalue weighted by atomic mass is 9.99. The summed E-state index contributed by atoms with van der Waals surface area (Å²) in [5.41, 5.74) is 5.72. The average Bonchev–Trinajstić information content (AvgIpc) is 2.41. The smallest absolute Gasteiger partial charge is 0.266 e. The third-order valence-electron chi connectivity index (χ3n) is 3.32. The highest BCUT2D eigenvalue weighted by Gasteiger charge is 2.29. The summed E-state index contributed by atoms with van der Waals surface area (Å²) in [4.78, 5) is 20.6. The van der Waals surface area contributed by atoms with Crippen molar-refractivity contribution >= 4 is 28.4 Å². The Bertz CT molecular complexity index is 465. The van der Waals surface area contributed by atoms with Gasteiger partial charge >= 0.3 is 0 Å². The number of nitrogens with one attached hydrogen (secondary N) is 1. The van der Waals surface area contributed by atoms with Crippen molar-refractivity contribution in [1.82, 2.24) is 9.97 Å². The van der Waals surface area contributed by atoms with Gasteiger partial charge in [0.15, 0.2) is 0 Å². The van der Waals surface area contributed by atoms with Crippen LogP contribution in [0.5, 0.6) is 0 Å². The Morgan fingerprint density at radius 3 is 3.17 bits per heavy atom. The average molecular weight is 364 g/mol. The molecule has 2 rings (SSSR count). The van der Waals surface area contributed by atoms with Crippen LogP contribution in [0.4, 0.5) is 5.82 Å². The van der Waals surface area contributed by atoms with Crippen LogP contribution in [0.3, 0.4) is 0 Å². The zero-order chi connectivity index (χ0) is 13.1. The lowest BCUT2D eigenvalue weighted by Crippen LogP contribution is -2.49. The monoisotopic (exact) mass is 364 g/mol. The topological polar surface area (TPSA) is 84.2 Å². The van der Waals surface area contributed by atoms with Gasteiger partial charge in [-0.2, -0.15) is 0 Å². The second-order valence-corrected chi connectivity index (χ2v) is 5.41. The first-order valence-electron chi connectivity index (χ1n) is 5.90. The molecule has 18 heavy (non-hydrogen) atoms. The molecule has 3 N–H and O–H groups in total. The third kappa shape index (κ3) is 2.67. The summed E-state index contributed by atoms with van der Waals surface area (Å²) in [6.07, 6.45) is 3.49. The molecule has 1 aromatic rings. The van der Waals surface area contributed by atoms with Crippen molar-refractivity contribution in [3.63, 3.8) is 0 Å². The van der Waals surface area contributed by atoms with Crippen LogP contribution in [-0.4, -0.2) is 42.3 Å². The SMILES string of the molecule is COC1CCN(c2nc[nH]c(=O)c2I)C(CN)C1. The molecule has 0 radical (unpaired) electrons. The van der Waals surface area contributed by atoms with Crippen LogP contribution >= 0.6 is 22.6 Å². The number of piperidine rings is 1. The largest absolute Gasteiger partial charge is 0.381 e. The highest BCUT2D eigenvalue weighted by Crippen LogP contribution is 2.25. The summed E-state index contributed by atoms with van der Waals surface area (Å²) in [6, 6.07) is 0.173. The van der Waals surface area contributed by atoms with Gasteiger partial charge in [0.25, 0.3) is 5.56 Å². The number of nitrogens with zero attached hydrogens (tertiary/aromatic N) is 2. The molecule has 6 nitrogen and oxygen atoms in total. The van der Waals surface area contributed by atoms with Crippen LogP contribution in [0.1, 0.15) is 12.8 Å². The van der Waals surface area contributed by atoms with Gasteiger partial charge in [-0.05, 0) is 35.4 Å². The van der Waals surface area contributed by atoms with Gasteiger partial charge in [-0.15, -0.1) is 0 Å². The maximum absolute atomic E-state index is 11.6. The zero-order valence-corrected chi connectivity index (χ0v) is 12.4. The van der Waals surface area contributed by atoms with Gasteiger partial charge in [-0.25, -0.2) is 4.98 Å². The number of aromatic amines is 1. The molecule has 0 aliphatic carbocycles. The molecule has 0 bridgehead atoms. The van der Waals surface area contributed by atoms with E-state index in [9.17, 15) is 4.79 Å². The number of methoxy groups -OCH3 is 1. The molecule has 1 saturated heterocycles. The Morgan fingerprint density at radius 2 is 2.50 bits per heavy atom. The Kier molecular flexibility index (Phi) is 4.57. The van der Waals surface area contributed by atoms with E-state index < -0.39 is 0 Å². The number of hydrogen-bond donors (Lipinski definition) is 2. The van der Waals surface area contributed by atoms with Crippen LogP contribution in [0.2, 0.25) is 0 Å². The highest BCUT2D eigenvalue weighted by molar-refractivity contribution is 14.1. The molecule has 1 fully saturated rings. The molecule has 2 unspecified atom stereocenters. The molecule has 0 amide bonds. The number of anilines is 1. The third-order valence-corrected chi connectivity index (χ3v) is 4.30. The van der Waals surface area contributed by atoms with Crippen LogP contribution in [0.25, 0.3) is 0 Å². The number of nitrogens with two attached hydrogens (primary N) is 1. The van der Waals surface area contributed by atoms with Crippen molar-refractivity contribution in [1.29, 1.82) is 0 Å². The highest BCUT2D eigenvalue weighted by atomic mass is 127. The van der Waals surface area contributed by atoms with Crippen LogP contribution in [0, 0.1) is 3.57 Å². The summed E-state index contributed by atoms with van der Waals surface area (Å²) in [6.45, 7) is 1.34. The predicted octanol–water partition coefficient (Wildman–Crippen LogP) is 0.317. The number of ether oxygens (including phenoxy) is 1. The van der Waals surface area contributed by atoms with Gasteiger partial charge in [0.05, 0.1) is 12.4 Å². The fraction of sp³-hybridized carbons (Fsp3) is 0.636. The quantitative estimate of drug-likeness (QED) is 0.755. The van der Waals surface area contributed by atoms with Crippen LogP contribution in [0.15, 0.2) is 11.1 Å². The van der Waals surface area contributed by atoms with Gasteiger partial charge in [0, 0.05) is 26.2 Å². The maximum Gasteiger partial charge on any atom is 0.266 e. The lowest BCUT2D eigenvalue weighted by Gasteiger charge is -2.39. The van der Waals surface area contributed by atoms with E-state index in [0.717, 1.165) is 25.2 Å². The van der Waals surface area contributed by atoms with Gasteiger partial charge in [0.2, 0.25) is 0 Å². The second-order valence-electron chi connectivity index (χ2n) is 4.33. The normalized spacial score (nSPS) is 24.3. The standard InChI is InChI=1S/C11H17IN4O2/c1-18-8-2-3-16(7(4-8)5-13)10-9(12)11(17)15-6-14-10/h6-8H,2-5,13H2,1H3,(H,14,15,17). The number of halogens is 1. The van der Waals surface area contributed by atoms with Gasteiger partial charge in [-0.1, -0.05) is 0 Å². The number of aromatic nitrogens is 2. The van der Waals surface area contributed by atoms with E-state index in [-0.39, 0.29) is 17.7 Å². The minimum Gasteiger partial charge on any atom is -0.381 e. The van der Waals surface area contributed by atoms with E-state index in [0.29, 0.717) is 10.1 Å². The van der Waals surface area contributed by atoms with Crippen molar-refractivity contribution in [2.75, 3.05) is 25.1 Å². The molecule has 0 spiro atoms. The Labute approximate surface area is 119 Å². The number of rotatable bonds is 3. The van der Waals surface area contributed by atoms with Crippen molar-refractivity contribution in [2.45, 2.75) is 25.0 Å². The van der Waals surface area contributed by atoms with Crippen molar-refractivity contribution < 1.29 is 4.74 Å². The minimum atomic E-state index is -0.106. The molecule has 2 heterocycles. The molecular weight excluding hydrogens is 347 g/mol. The molecule has 100 valence electrons. The van der Waals surface area contributed by atoms with E-state index in [1.54, 1.807) is 7.11 Å². The summed E-state index contributed by atoms with van der Waals surface area (Å²) >= 11 is 2.03. The van der Waals surface area contributed by atoms with E-state index in [1.165, 1.54) is 6.33 Å². The zero-order valence-electron chi connectivity index (χ0n) is 10.2. The van der Waals surface area contributed by atoms with E-state index in [2.05, 4.69) is 14.9 Å². The first kappa shape index (κ1) is 13.8. The Balaban J connectivity index is 2.27. The first-order valence-corrected chi connectivity index (χ1v) is 6.98. The molecule has 1 aromatic heterocycles. The van der Waals surface area contributed by atoms with E-state index in [4.69, 9.17) is 10.5 Å². The van der Waals surface area contributed by atoms with Crippen molar-refractivity contribution in [3.05, 3.63) is 20.3 Å². The van der Waals surface area contributed by atoms with Crippen molar-refractivity contribution in [3.8, 4) is 0 Å². The van der Waals surface area contributed by atoms with E-state index in [1.807, 2.05) is 22.6 Å². The van der Waals surface area contributed by atoms with Crippen molar-refractivity contribution in [2.24, 2.45) is 5.73 Å². The van der Waals surface area contributed by atoms with Gasteiger partial charge in [0.1, 0.15) is 9.39 Å². The number of hydrogen-bond acceptors (Lipinski definition) is 5. The van der Waals surface area contributed by atoms with Crippen LogP contribution < -0.4 is 16.2 Å². The van der Waals surface area contributed by atoms with Crippen LogP contribution in [-0.2, 0) is 4.74 Å². The van der Waals surface area contributed by atoms with E-state index >= 15 is 0 Å². The number of H-pyrrole nitrogens is 1. The predicted molar refractivity (Wildman–Crippen MR) is 77.8 cm³/mol. The minimum absolute atomic E-state index is 0.106. The first-order chi connectivity index (χ1) is 8.67. The second kappa shape index (κ2) is 5.98. The molecule has 7 heteroatoms. The summed E-state index contributed by atoms with van der Waals surface area (Å²) in [7, 11) is 1.73. The molecule has 0 aromatic carbocycles.